The Morgan fingerprint density at radius 1 is 1.37 bits per heavy atom. The van der Waals surface area contributed by atoms with Gasteiger partial charge in [-0.25, -0.2) is 0 Å². The fourth-order valence-electron chi connectivity index (χ4n) is 2.70. The average Bonchev–Trinajstić information content (AvgIpc) is 2.38. The van der Waals surface area contributed by atoms with Gasteiger partial charge in [0.25, 0.3) is 0 Å². The van der Waals surface area contributed by atoms with Crippen molar-refractivity contribution in [1.29, 1.82) is 0 Å². The Kier molecular flexibility index (Phi) is 5.19. The quantitative estimate of drug-likeness (QED) is 0.816. The van der Waals surface area contributed by atoms with Crippen molar-refractivity contribution in [3.8, 4) is 0 Å². The minimum Gasteiger partial charge on any atom is -0.399 e. The van der Waals surface area contributed by atoms with Crippen molar-refractivity contribution < 1.29 is 4.74 Å². The Morgan fingerprint density at radius 3 is 2.89 bits per heavy atom. The van der Waals surface area contributed by atoms with Gasteiger partial charge in [0.15, 0.2) is 0 Å². The molecule has 1 atom stereocenters. The van der Waals surface area contributed by atoms with E-state index in [4.69, 9.17) is 10.5 Å². The molecule has 1 unspecified atom stereocenters. The molecular formula is C15H25N3O. The van der Waals surface area contributed by atoms with E-state index >= 15 is 0 Å². The Hall–Kier alpha value is -1.10. The SMILES string of the molecule is COCCN1CCN(Cc2cccc(N)c2)CC1C. The van der Waals surface area contributed by atoms with Crippen LogP contribution >= 0.6 is 0 Å². The molecule has 1 aliphatic rings. The van der Waals surface area contributed by atoms with E-state index in [0.29, 0.717) is 6.04 Å². The minimum absolute atomic E-state index is 0.588. The maximum absolute atomic E-state index is 5.83. The molecule has 0 radical (unpaired) electrons. The van der Waals surface area contributed by atoms with Crippen molar-refractivity contribution in [2.75, 3.05) is 45.6 Å². The molecule has 0 saturated carbocycles. The number of ether oxygens (including phenoxy) is 1. The van der Waals surface area contributed by atoms with Crippen LogP contribution in [0.25, 0.3) is 0 Å². The van der Waals surface area contributed by atoms with Crippen molar-refractivity contribution in [3.05, 3.63) is 29.8 Å². The number of nitrogens with zero attached hydrogens (tertiary/aromatic N) is 2. The van der Waals surface area contributed by atoms with E-state index in [9.17, 15) is 0 Å². The first-order valence-electron chi connectivity index (χ1n) is 6.99. The van der Waals surface area contributed by atoms with Gasteiger partial charge in [-0.2, -0.15) is 0 Å². The second-order valence-corrected chi connectivity index (χ2v) is 5.36. The molecule has 4 nitrogen and oxygen atoms in total. The smallest absolute Gasteiger partial charge is 0.0589 e. The lowest BCUT2D eigenvalue weighted by Gasteiger charge is -2.39. The predicted molar refractivity (Wildman–Crippen MR) is 79.0 cm³/mol. The first-order valence-corrected chi connectivity index (χ1v) is 6.99. The summed E-state index contributed by atoms with van der Waals surface area (Å²) in [6.07, 6.45) is 0. The molecule has 4 heteroatoms. The van der Waals surface area contributed by atoms with Crippen molar-refractivity contribution >= 4 is 5.69 Å². The number of methoxy groups -OCH3 is 1. The van der Waals surface area contributed by atoms with E-state index in [0.717, 1.165) is 45.0 Å². The van der Waals surface area contributed by atoms with Gasteiger partial charge in [0.2, 0.25) is 0 Å². The summed E-state index contributed by atoms with van der Waals surface area (Å²) in [6, 6.07) is 8.78. The molecule has 1 heterocycles. The Labute approximate surface area is 116 Å². The number of anilines is 1. The largest absolute Gasteiger partial charge is 0.399 e. The van der Waals surface area contributed by atoms with Gasteiger partial charge in [-0.15, -0.1) is 0 Å². The Bertz CT molecular complexity index is 397. The molecule has 2 N–H and O–H groups in total. The van der Waals surface area contributed by atoms with Crippen LogP contribution in [0.5, 0.6) is 0 Å². The van der Waals surface area contributed by atoms with Crippen molar-refractivity contribution in [2.24, 2.45) is 0 Å². The van der Waals surface area contributed by atoms with E-state index < -0.39 is 0 Å². The zero-order chi connectivity index (χ0) is 13.7. The molecule has 1 aliphatic heterocycles. The van der Waals surface area contributed by atoms with Crippen LogP contribution in [0.2, 0.25) is 0 Å². The van der Waals surface area contributed by atoms with Crippen LogP contribution in [0.15, 0.2) is 24.3 Å². The Balaban J connectivity index is 1.84. The summed E-state index contributed by atoms with van der Waals surface area (Å²) in [5.74, 6) is 0. The van der Waals surface area contributed by atoms with E-state index in [1.165, 1.54) is 5.56 Å². The summed E-state index contributed by atoms with van der Waals surface area (Å²) in [5, 5.41) is 0. The fourth-order valence-corrected chi connectivity index (χ4v) is 2.70. The van der Waals surface area contributed by atoms with Gasteiger partial charge in [0.05, 0.1) is 6.61 Å². The third-order valence-corrected chi connectivity index (χ3v) is 3.79. The third-order valence-electron chi connectivity index (χ3n) is 3.79. The monoisotopic (exact) mass is 263 g/mol. The van der Waals surface area contributed by atoms with Gasteiger partial charge in [-0.1, -0.05) is 12.1 Å². The van der Waals surface area contributed by atoms with Gasteiger partial charge in [-0.05, 0) is 24.6 Å². The van der Waals surface area contributed by atoms with E-state index in [2.05, 4.69) is 28.9 Å². The van der Waals surface area contributed by atoms with Crippen molar-refractivity contribution in [2.45, 2.75) is 19.5 Å². The molecule has 0 spiro atoms. The molecule has 0 bridgehead atoms. The second-order valence-electron chi connectivity index (χ2n) is 5.36. The van der Waals surface area contributed by atoms with Crippen LogP contribution in [0, 0.1) is 0 Å². The molecule has 1 aromatic rings. The molecule has 0 amide bonds. The highest BCUT2D eigenvalue weighted by Gasteiger charge is 2.23. The van der Waals surface area contributed by atoms with E-state index in [1.54, 1.807) is 7.11 Å². The number of nitrogens with two attached hydrogens (primary N) is 1. The molecule has 106 valence electrons. The van der Waals surface area contributed by atoms with Gasteiger partial charge >= 0.3 is 0 Å². The summed E-state index contributed by atoms with van der Waals surface area (Å²) in [6.45, 7) is 8.48. The van der Waals surface area contributed by atoms with Crippen LogP contribution in [-0.4, -0.2) is 55.7 Å². The zero-order valence-corrected chi connectivity index (χ0v) is 12.0. The highest BCUT2D eigenvalue weighted by Crippen LogP contribution is 2.14. The summed E-state index contributed by atoms with van der Waals surface area (Å²) < 4.78 is 5.16. The average molecular weight is 263 g/mol. The summed E-state index contributed by atoms with van der Waals surface area (Å²) in [7, 11) is 1.76. The maximum atomic E-state index is 5.83. The maximum Gasteiger partial charge on any atom is 0.0589 e. The number of nitrogen functional groups attached to an aromatic ring is 1. The Morgan fingerprint density at radius 2 is 2.21 bits per heavy atom. The first kappa shape index (κ1) is 14.3. The van der Waals surface area contributed by atoms with Crippen molar-refractivity contribution in [3.63, 3.8) is 0 Å². The van der Waals surface area contributed by atoms with Crippen molar-refractivity contribution in [1.82, 2.24) is 9.80 Å². The number of rotatable bonds is 5. The number of piperazine rings is 1. The fraction of sp³-hybridized carbons (Fsp3) is 0.600. The molecule has 0 aromatic heterocycles. The molecule has 19 heavy (non-hydrogen) atoms. The molecule has 1 aromatic carbocycles. The molecule has 1 saturated heterocycles. The number of hydrogen-bond donors (Lipinski definition) is 1. The predicted octanol–water partition coefficient (Wildman–Crippen LogP) is 1.42. The van der Waals surface area contributed by atoms with Crippen LogP contribution in [0.4, 0.5) is 5.69 Å². The van der Waals surface area contributed by atoms with Crippen LogP contribution in [-0.2, 0) is 11.3 Å². The molecule has 2 rings (SSSR count). The number of benzene rings is 1. The second kappa shape index (κ2) is 6.89. The zero-order valence-electron chi connectivity index (χ0n) is 12.0. The highest BCUT2D eigenvalue weighted by atomic mass is 16.5. The molecular weight excluding hydrogens is 238 g/mol. The van der Waals surface area contributed by atoms with Crippen LogP contribution in [0.1, 0.15) is 12.5 Å². The normalized spacial score (nSPS) is 21.7. The number of hydrogen-bond acceptors (Lipinski definition) is 4. The van der Waals surface area contributed by atoms with E-state index in [1.807, 2.05) is 12.1 Å². The topological polar surface area (TPSA) is 41.7 Å². The van der Waals surface area contributed by atoms with Gasteiger partial charge in [0, 0.05) is 51.6 Å². The minimum atomic E-state index is 0.588. The van der Waals surface area contributed by atoms with Gasteiger partial charge in [-0.3, -0.25) is 9.80 Å². The van der Waals surface area contributed by atoms with Crippen LogP contribution < -0.4 is 5.73 Å². The third kappa shape index (κ3) is 4.20. The van der Waals surface area contributed by atoms with Crippen LogP contribution in [0.3, 0.4) is 0 Å². The van der Waals surface area contributed by atoms with E-state index in [-0.39, 0.29) is 0 Å². The standard InChI is InChI=1S/C15H25N3O/c1-13-11-17(6-7-18(13)8-9-19-2)12-14-4-3-5-15(16)10-14/h3-5,10,13H,6-9,11-12,16H2,1-2H3. The molecule has 1 fully saturated rings. The lowest BCUT2D eigenvalue weighted by molar-refractivity contribution is 0.0557. The lowest BCUT2D eigenvalue weighted by Crippen LogP contribution is -2.52. The summed E-state index contributed by atoms with van der Waals surface area (Å²) >= 11 is 0. The van der Waals surface area contributed by atoms with Gasteiger partial charge in [0.1, 0.15) is 0 Å². The van der Waals surface area contributed by atoms with Gasteiger partial charge < -0.3 is 10.5 Å². The lowest BCUT2D eigenvalue weighted by atomic mass is 10.1. The summed E-state index contributed by atoms with van der Waals surface area (Å²) in [4.78, 5) is 5.00. The molecule has 0 aliphatic carbocycles. The first-order chi connectivity index (χ1) is 9.19. The summed E-state index contributed by atoms with van der Waals surface area (Å²) in [5.41, 5.74) is 7.98. The highest BCUT2D eigenvalue weighted by molar-refractivity contribution is 5.40.